The number of thiophene rings is 1. The Hall–Kier alpha value is -2.29. The second-order valence-electron chi connectivity index (χ2n) is 7.98. The molecule has 2 aliphatic heterocycles. The van der Waals surface area contributed by atoms with E-state index in [0.717, 1.165) is 44.1 Å². The van der Waals surface area contributed by atoms with Crippen LogP contribution in [0.1, 0.15) is 29.9 Å². The molecular weight excluding hydrogens is 420 g/mol. The Morgan fingerprint density at radius 1 is 1.33 bits per heavy atom. The van der Waals surface area contributed by atoms with Crippen LogP contribution in [0.5, 0.6) is 11.5 Å². The first-order valence-corrected chi connectivity index (χ1v) is 11.6. The van der Waals surface area contributed by atoms with Gasteiger partial charge >= 0.3 is 0 Å². The molecule has 0 bridgehead atoms. The smallest absolute Gasteiger partial charge is 0.263 e. The molecule has 2 aromatic heterocycles. The van der Waals surface area contributed by atoms with Gasteiger partial charge < -0.3 is 14.2 Å². The van der Waals surface area contributed by atoms with E-state index in [1.165, 1.54) is 0 Å². The average Bonchev–Trinajstić information content (AvgIpc) is 3.31. The van der Waals surface area contributed by atoms with Gasteiger partial charge in [-0.15, -0.1) is 17.9 Å². The molecule has 30 heavy (non-hydrogen) atoms. The molecule has 0 radical (unpaired) electrons. The summed E-state index contributed by atoms with van der Waals surface area (Å²) in [5.41, 5.74) is 1.91. The summed E-state index contributed by atoms with van der Waals surface area (Å²) in [4.78, 5) is 20.2. The fraction of sp³-hybridized carbons (Fsp3) is 0.364. The third-order valence-corrected chi connectivity index (χ3v) is 7.42. The summed E-state index contributed by atoms with van der Waals surface area (Å²) in [5.74, 6) is 2.20. The molecule has 0 spiro atoms. The van der Waals surface area contributed by atoms with Gasteiger partial charge in [0.2, 0.25) is 6.79 Å². The van der Waals surface area contributed by atoms with Crippen molar-refractivity contribution in [1.29, 1.82) is 0 Å². The molecule has 5 rings (SSSR count). The highest BCUT2D eigenvalue weighted by Gasteiger charge is 2.31. The minimum atomic E-state index is -0.274. The van der Waals surface area contributed by atoms with Crippen molar-refractivity contribution in [2.45, 2.75) is 49.9 Å². The van der Waals surface area contributed by atoms with Gasteiger partial charge in [-0.3, -0.25) is 9.36 Å². The van der Waals surface area contributed by atoms with Gasteiger partial charge in [0.1, 0.15) is 4.83 Å². The van der Waals surface area contributed by atoms with Crippen molar-refractivity contribution in [2.24, 2.45) is 0 Å². The third kappa shape index (κ3) is 3.42. The van der Waals surface area contributed by atoms with Crippen LogP contribution in [0.4, 0.5) is 0 Å². The van der Waals surface area contributed by atoms with Crippen molar-refractivity contribution >= 4 is 33.3 Å². The summed E-state index contributed by atoms with van der Waals surface area (Å²) >= 11 is 3.11. The largest absolute Gasteiger partial charge is 0.454 e. The normalized spacial score (nSPS) is 16.6. The van der Waals surface area contributed by atoms with E-state index >= 15 is 0 Å². The molecule has 0 atom stereocenters. The molecule has 0 aliphatic carbocycles. The topological polar surface area (TPSA) is 62.6 Å². The van der Waals surface area contributed by atoms with Gasteiger partial charge in [-0.05, 0) is 37.1 Å². The highest BCUT2D eigenvalue weighted by Crippen LogP contribution is 2.38. The van der Waals surface area contributed by atoms with Crippen LogP contribution in [0.2, 0.25) is 0 Å². The maximum Gasteiger partial charge on any atom is 0.263 e. The highest BCUT2D eigenvalue weighted by atomic mass is 32.2. The monoisotopic (exact) mass is 442 g/mol. The van der Waals surface area contributed by atoms with E-state index in [1.807, 2.05) is 18.2 Å². The SMILES string of the molecule is C=CCn1c(SCc2ccc3c(c2)OCO3)nc2sc3c(c2c1=O)CC(C)(C)OC3. The van der Waals surface area contributed by atoms with Gasteiger partial charge in [0.05, 0.1) is 17.6 Å². The van der Waals surface area contributed by atoms with Crippen LogP contribution < -0.4 is 15.0 Å². The number of fused-ring (bicyclic) bond motifs is 4. The van der Waals surface area contributed by atoms with Crippen LogP contribution in [0.3, 0.4) is 0 Å². The number of rotatable bonds is 5. The number of benzene rings is 1. The van der Waals surface area contributed by atoms with Gasteiger partial charge in [0.15, 0.2) is 16.7 Å². The minimum Gasteiger partial charge on any atom is -0.454 e. The fourth-order valence-electron chi connectivity index (χ4n) is 3.79. The van der Waals surface area contributed by atoms with Crippen molar-refractivity contribution in [3.05, 3.63) is 57.2 Å². The molecular formula is C22H22N2O4S2. The molecule has 4 heterocycles. The summed E-state index contributed by atoms with van der Waals surface area (Å²) in [6.45, 7) is 9.16. The van der Waals surface area contributed by atoms with E-state index in [9.17, 15) is 4.79 Å². The molecule has 8 heteroatoms. The van der Waals surface area contributed by atoms with Crippen molar-refractivity contribution in [1.82, 2.24) is 9.55 Å². The number of hydrogen-bond acceptors (Lipinski definition) is 7. The minimum absolute atomic E-state index is 0.00304. The molecule has 2 aliphatic rings. The van der Waals surface area contributed by atoms with E-state index in [4.69, 9.17) is 19.2 Å². The Morgan fingerprint density at radius 2 is 2.17 bits per heavy atom. The quantitative estimate of drug-likeness (QED) is 0.329. The van der Waals surface area contributed by atoms with Crippen molar-refractivity contribution in [2.75, 3.05) is 6.79 Å². The lowest BCUT2D eigenvalue weighted by Crippen LogP contribution is -2.32. The molecule has 1 aromatic carbocycles. The lowest BCUT2D eigenvalue weighted by molar-refractivity contribution is -0.0379. The summed E-state index contributed by atoms with van der Waals surface area (Å²) in [6.07, 6.45) is 2.46. The van der Waals surface area contributed by atoms with Crippen LogP contribution in [0, 0.1) is 0 Å². The number of allylic oxidation sites excluding steroid dienone is 1. The van der Waals surface area contributed by atoms with Gasteiger partial charge in [-0.1, -0.05) is 23.9 Å². The Morgan fingerprint density at radius 3 is 3.00 bits per heavy atom. The van der Waals surface area contributed by atoms with E-state index in [-0.39, 0.29) is 18.0 Å². The van der Waals surface area contributed by atoms with E-state index in [1.54, 1.807) is 33.7 Å². The zero-order valence-electron chi connectivity index (χ0n) is 16.9. The standard InChI is InChI=1S/C22H22N2O4S2/c1-4-7-24-20(25)18-14-9-22(2,3)28-10-17(14)30-19(18)23-21(24)29-11-13-5-6-15-16(8-13)27-12-26-15/h4-6,8H,1,7,9-12H2,2-3H3. The first kappa shape index (κ1) is 19.7. The predicted octanol–water partition coefficient (Wildman–Crippen LogP) is 4.52. The van der Waals surface area contributed by atoms with Gasteiger partial charge in [0, 0.05) is 23.6 Å². The highest BCUT2D eigenvalue weighted by molar-refractivity contribution is 7.98. The fourth-order valence-corrected chi connectivity index (χ4v) is 5.88. The second kappa shape index (κ2) is 7.44. The molecule has 0 fully saturated rings. The summed E-state index contributed by atoms with van der Waals surface area (Å²) in [6, 6.07) is 5.91. The van der Waals surface area contributed by atoms with Crippen LogP contribution in [-0.2, 0) is 30.1 Å². The first-order chi connectivity index (χ1) is 14.4. The van der Waals surface area contributed by atoms with Gasteiger partial charge in [-0.2, -0.15) is 0 Å². The zero-order chi connectivity index (χ0) is 20.9. The summed E-state index contributed by atoms with van der Waals surface area (Å²) in [7, 11) is 0. The molecule has 0 amide bonds. The number of aromatic nitrogens is 2. The maximum absolute atomic E-state index is 13.4. The molecule has 156 valence electrons. The third-order valence-electron chi connectivity index (χ3n) is 5.27. The molecule has 3 aromatic rings. The summed E-state index contributed by atoms with van der Waals surface area (Å²) in [5, 5.41) is 1.43. The Bertz CT molecular complexity index is 1210. The second-order valence-corrected chi connectivity index (χ2v) is 10.0. The van der Waals surface area contributed by atoms with Crippen molar-refractivity contribution < 1.29 is 14.2 Å². The number of hydrogen-bond donors (Lipinski definition) is 0. The van der Waals surface area contributed by atoms with Crippen LogP contribution in [0.15, 0.2) is 40.8 Å². The Kier molecular flexibility index (Phi) is 4.88. The molecule has 0 N–H and O–H groups in total. The maximum atomic E-state index is 13.4. The lowest BCUT2D eigenvalue weighted by atomic mass is 9.94. The van der Waals surface area contributed by atoms with Gasteiger partial charge in [-0.25, -0.2) is 4.98 Å². The molecule has 0 saturated carbocycles. The van der Waals surface area contributed by atoms with E-state index < -0.39 is 0 Å². The number of nitrogens with zero attached hydrogens (tertiary/aromatic N) is 2. The Balaban J connectivity index is 1.52. The molecule has 0 saturated heterocycles. The summed E-state index contributed by atoms with van der Waals surface area (Å²) < 4.78 is 18.5. The zero-order valence-corrected chi connectivity index (χ0v) is 18.5. The van der Waals surface area contributed by atoms with Crippen LogP contribution >= 0.6 is 23.1 Å². The number of ether oxygens (including phenoxy) is 3. The molecule has 6 nitrogen and oxygen atoms in total. The van der Waals surface area contributed by atoms with Crippen LogP contribution in [-0.4, -0.2) is 21.9 Å². The lowest BCUT2D eigenvalue weighted by Gasteiger charge is -2.29. The average molecular weight is 443 g/mol. The Labute approximate surface area is 182 Å². The van der Waals surface area contributed by atoms with E-state index in [2.05, 4.69) is 20.4 Å². The number of thioether (sulfide) groups is 1. The van der Waals surface area contributed by atoms with E-state index in [0.29, 0.717) is 24.1 Å². The van der Waals surface area contributed by atoms with Gasteiger partial charge in [0.25, 0.3) is 5.56 Å². The van der Waals surface area contributed by atoms with Crippen molar-refractivity contribution in [3.8, 4) is 11.5 Å². The van der Waals surface area contributed by atoms with Crippen molar-refractivity contribution in [3.63, 3.8) is 0 Å². The van der Waals surface area contributed by atoms with Crippen LogP contribution in [0.25, 0.3) is 10.2 Å². The molecule has 0 unspecified atom stereocenters. The predicted molar refractivity (Wildman–Crippen MR) is 119 cm³/mol. The first-order valence-electron chi connectivity index (χ1n) is 9.76.